The number of aliphatic hydroxyl groups is 1. The molecule has 3 heteroatoms. The van der Waals surface area contributed by atoms with Gasteiger partial charge in [0.2, 0.25) is 0 Å². The van der Waals surface area contributed by atoms with E-state index in [4.69, 9.17) is 5.11 Å². The number of likely N-dealkylation sites (N-methyl/N-ethyl adjacent to an activating group) is 1. The van der Waals surface area contributed by atoms with Crippen LogP contribution in [0.25, 0.3) is 0 Å². The number of nitrogens with zero attached hydrogens (tertiary/aromatic N) is 1. The summed E-state index contributed by atoms with van der Waals surface area (Å²) in [5.74, 6) is 0.730. The Hall–Kier alpha value is -0.120. The number of hydrogen-bond donors (Lipinski definition) is 2. The van der Waals surface area contributed by atoms with Gasteiger partial charge in [-0.25, -0.2) is 0 Å². The lowest BCUT2D eigenvalue weighted by Crippen LogP contribution is -2.45. The molecule has 0 radical (unpaired) electrons. The second-order valence-corrected chi connectivity index (χ2v) is 6.20. The number of hydrogen-bond acceptors (Lipinski definition) is 3. The largest absolute Gasteiger partial charge is 0.395 e. The number of aliphatic hydroxyl groups excluding tert-OH is 1. The number of nitrogens with one attached hydrogen (secondary N) is 1. The third-order valence-corrected chi connectivity index (χ3v) is 4.11. The molecule has 17 heavy (non-hydrogen) atoms. The minimum absolute atomic E-state index is 0.264. The molecular weight excluding hydrogens is 212 g/mol. The van der Waals surface area contributed by atoms with Crippen LogP contribution in [0.3, 0.4) is 0 Å². The van der Waals surface area contributed by atoms with Crippen LogP contribution in [0.2, 0.25) is 0 Å². The van der Waals surface area contributed by atoms with Crippen LogP contribution in [-0.4, -0.2) is 49.3 Å². The molecule has 0 amide bonds. The lowest BCUT2D eigenvalue weighted by Gasteiger charge is -2.33. The van der Waals surface area contributed by atoms with Crippen molar-refractivity contribution in [3.05, 3.63) is 0 Å². The molecule has 0 saturated heterocycles. The Labute approximate surface area is 107 Å². The van der Waals surface area contributed by atoms with Crippen molar-refractivity contribution in [2.75, 3.05) is 33.3 Å². The Balaban J connectivity index is 2.52. The molecule has 0 bridgehead atoms. The lowest BCUT2D eigenvalue weighted by molar-refractivity contribution is 0.175. The maximum atomic E-state index is 8.96. The van der Waals surface area contributed by atoms with Crippen LogP contribution in [-0.2, 0) is 0 Å². The zero-order valence-corrected chi connectivity index (χ0v) is 12.0. The minimum atomic E-state index is 0.264. The highest BCUT2D eigenvalue weighted by molar-refractivity contribution is 4.96. The van der Waals surface area contributed by atoms with Crippen LogP contribution < -0.4 is 5.32 Å². The van der Waals surface area contributed by atoms with Gasteiger partial charge in [-0.3, -0.25) is 0 Å². The minimum Gasteiger partial charge on any atom is -0.395 e. The molecule has 0 aromatic heterocycles. The van der Waals surface area contributed by atoms with Crippen LogP contribution in [0.4, 0.5) is 0 Å². The van der Waals surface area contributed by atoms with E-state index in [0.717, 1.165) is 25.6 Å². The fourth-order valence-electron chi connectivity index (χ4n) is 3.12. The van der Waals surface area contributed by atoms with Crippen LogP contribution in [0.5, 0.6) is 0 Å². The highest BCUT2D eigenvalue weighted by Crippen LogP contribution is 2.41. The molecule has 0 aliphatic heterocycles. The van der Waals surface area contributed by atoms with Gasteiger partial charge in [0.05, 0.1) is 6.61 Å². The third-order valence-electron chi connectivity index (χ3n) is 4.11. The molecule has 1 aliphatic rings. The van der Waals surface area contributed by atoms with Gasteiger partial charge in [0.15, 0.2) is 0 Å². The molecule has 102 valence electrons. The maximum absolute atomic E-state index is 8.96. The van der Waals surface area contributed by atoms with Gasteiger partial charge in [-0.2, -0.15) is 0 Å². The van der Waals surface area contributed by atoms with Crippen molar-refractivity contribution in [1.82, 2.24) is 10.2 Å². The molecule has 0 spiro atoms. The summed E-state index contributed by atoms with van der Waals surface area (Å²) in [6.07, 6.45) is 3.82. The second-order valence-electron chi connectivity index (χ2n) is 6.20. The van der Waals surface area contributed by atoms with E-state index in [0.29, 0.717) is 11.5 Å². The van der Waals surface area contributed by atoms with E-state index in [2.05, 4.69) is 38.0 Å². The van der Waals surface area contributed by atoms with Gasteiger partial charge in [0.1, 0.15) is 0 Å². The smallest absolute Gasteiger partial charge is 0.0558 e. The van der Waals surface area contributed by atoms with Crippen molar-refractivity contribution in [3.63, 3.8) is 0 Å². The topological polar surface area (TPSA) is 35.5 Å². The Morgan fingerprint density at radius 2 is 2.12 bits per heavy atom. The third kappa shape index (κ3) is 4.23. The van der Waals surface area contributed by atoms with Crippen molar-refractivity contribution < 1.29 is 5.11 Å². The Morgan fingerprint density at radius 1 is 1.41 bits per heavy atom. The van der Waals surface area contributed by atoms with E-state index in [1.54, 1.807) is 0 Å². The van der Waals surface area contributed by atoms with Gasteiger partial charge < -0.3 is 15.3 Å². The van der Waals surface area contributed by atoms with Gasteiger partial charge in [0.25, 0.3) is 0 Å². The van der Waals surface area contributed by atoms with E-state index in [1.165, 1.54) is 19.3 Å². The summed E-state index contributed by atoms with van der Waals surface area (Å²) in [4.78, 5) is 2.26. The van der Waals surface area contributed by atoms with E-state index in [-0.39, 0.29) is 6.61 Å². The molecule has 1 rings (SSSR count). The fraction of sp³-hybridized carbons (Fsp3) is 1.00. The first-order valence-corrected chi connectivity index (χ1v) is 7.04. The van der Waals surface area contributed by atoms with E-state index >= 15 is 0 Å². The van der Waals surface area contributed by atoms with Crippen molar-refractivity contribution in [3.8, 4) is 0 Å². The second kappa shape index (κ2) is 6.72. The van der Waals surface area contributed by atoms with Crippen LogP contribution in [0, 0.1) is 11.3 Å². The zero-order valence-electron chi connectivity index (χ0n) is 12.0. The SMILES string of the molecule is CCCNC1C(CN(C)CCO)CCC1(C)C. The van der Waals surface area contributed by atoms with Crippen molar-refractivity contribution in [2.24, 2.45) is 11.3 Å². The van der Waals surface area contributed by atoms with Crippen LogP contribution >= 0.6 is 0 Å². The Bertz CT molecular complexity index is 218. The Morgan fingerprint density at radius 3 is 2.71 bits per heavy atom. The first kappa shape index (κ1) is 14.9. The van der Waals surface area contributed by atoms with Crippen molar-refractivity contribution in [2.45, 2.75) is 46.1 Å². The summed E-state index contributed by atoms with van der Waals surface area (Å²) in [6, 6.07) is 0.628. The molecule has 2 atom stereocenters. The molecule has 3 nitrogen and oxygen atoms in total. The van der Waals surface area contributed by atoms with E-state index < -0.39 is 0 Å². The molecule has 0 heterocycles. The highest BCUT2D eigenvalue weighted by Gasteiger charge is 2.41. The Kier molecular flexibility index (Phi) is 5.90. The predicted octanol–water partition coefficient (Wildman–Crippen LogP) is 1.71. The first-order chi connectivity index (χ1) is 8.01. The average Bonchev–Trinajstić information content (AvgIpc) is 2.52. The molecule has 0 aromatic rings. The molecule has 1 aliphatic carbocycles. The normalized spacial score (nSPS) is 27.9. The molecule has 2 unspecified atom stereocenters. The van der Waals surface area contributed by atoms with Crippen LogP contribution in [0.1, 0.15) is 40.0 Å². The number of rotatable bonds is 7. The van der Waals surface area contributed by atoms with Gasteiger partial charge in [-0.05, 0) is 44.2 Å². The standard InChI is InChI=1S/C14H30N2O/c1-5-8-15-13-12(6-7-14(13,2)3)11-16(4)9-10-17/h12-13,15,17H,5-11H2,1-4H3. The molecular formula is C14H30N2O. The summed E-state index contributed by atoms with van der Waals surface area (Å²) in [5.41, 5.74) is 0.417. The molecule has 2 N–H and O–H groups in total. The summed E-state index contributed by atoms with van der Waals surface area (Å²) in [6.45, 7) is 10.3. The van der Waals surface area contributed by atoms with Gasteiger partial charge in [-0.1, -0.05) is 20.8 Å². The van der Waals surface area contributed by atoms with Gasteiger partial charge >= 0.3 is 0 Å². The van der Waals surface area contributed by atoms with Gasteiger partial charge in [-0.15, -0.1) is 0 Å². The lowest BCUT2D eigenvalue weighted by atomic mass is 9.84. The van der Waals surface area contributed by atoms with Crippen molar-refractivity contribution >= 4 is 0 Å². The first-order valence-electron chi connectivity index (χ1n) is 7.04. The maximum Gasteiger partial charge on any atom is 0.0558 e. The van der Waals surface area contributed by atoms with E-state index in [1.807, 2.05) is 0 Å². The highest BCUT2D eigenvalue weighted by atomic mass is 16.3. The summed E-state index contributed by atoms with van der Waals surface area (Å²) >= 11 is 0. The van der Waals surface area contributed by atoms with Crippen molar-refractivity contribution in [1.29, 1.82) is 0 Å². The molecule has 1 saturated carbocycles. The fourth-order valence-corrected chi connectivity index (χ4v) is 3.12. The summed E-state index contributed by atoms with van der Waals surface area (Å²) in [7, 11) is 2.11. The molecule has 1 fully saturated rings. The zero-order chi connectivity index (χ0) is 12.9. The summed E-state index contributed by atoms with van der Waals surface area (Å²) in [5, 5.41) is 12.7. The quantitative estimate of drug-likeness (QED) is 0.713. The molecule has 0 aromatic carbocycles. The monoisotopic (exact) mass is 242 g/mol. The summed E-state index contributed by atoms with van der Waals surface area (Å²) < 4.78 is 0. The van der Waals surface area contributed by atoms with E-state index in [9.17, 15) is 0 Å². The van der Waals surface area contributed by atoms with Crippen LogP contribution in [0.15, 0.2) is 0 Å². The van der Waals surface area contributed by atoms with Gasteiger partial charge in [0, 0.05) is 19.1 Å². The predicted molar refractivity (Wildman–Crippen MR) is 73.2 cm³/mol. The average molecular weight is 242 g/mol.